The zero-order valence-electron chi connectivity index (χ0n) is 15.3. The number of nitro benzene ring substituents is 1. The number of nitrogens with one attached hydrogen (secondary N) is 1. The number of nitrogens with zero attached hydrogens (tertiary/aromatic N) is 2. The molecule has 0 atom stereocenters. The lowest BCUT2D eigenvalue weighted by atomic mass is 10.0. The molecule has 0 saturated carbocycles. The maximum atomic E-state index is 13.7. The van der Waals surface area contributed by atoms with E-state index in [-0.39, 0.29) is 28.3 Å². The summed E-state index contributed by atoms with van der Waals surface area (Å²) in [5.41, 5.74) is 0.793. The highest BCUT2D eigenvalue weighted by atomic mass is 19.1. The monoisotopic (exact) mass is 385 g/mol. The van der Waals surface area contributed by atoms with E-state index in [1.165, 1.54) is 32.2 Å². The minimum atomic E-state index is -0.690. The molecule has 2 aromatic rings. The van der Waals surface area contributed by atoms with Crippen molar-refractivity contribution in [3.05, 3.63) is 63.5 Å². The van der Waals surface area contributed by atoms with E-state index in [0.717, 1.165) is 17.0 Å². The number of fused-ring (bicyclic) bond motifs is 1. The molecule has 144 valence electrons. The summed E-state index contributed by atoms with van der Waals surface area (Å²) < 4.78 is 19.1. The first-order valence-corrected chi connectivity index (χ1v) is 8.20. The maximum absolute atomic E-state index is 13.7. The van der Waals surface area contributed by atoms with Crippen molar-refractivity contribution in [2.75, 3.05) is 24.4 Å². The highest BCUT2D eigenvalue weighted by Crippen LogP contribution is 2.42. The molecule has 0 unspecified atom stereocenters. The van der Waals surface area contributed by atoms with Gasteiger partial charge in [-0.05, 0) is 30.3 Å². The maximum Gasteiger partial charge on any atom is 0.293 e. The summed E-state index contributed by atoms with van der Waals surface area (Å²) in [6.07, 6.45) is 0. The van der Waals surface area contributed by atoms with Crippen molar-refractivity contribution in [3.8, 4) is 0 Å². The Balaban J connectivity index is 2.29. The van der Waals surface area contributed by atoms with E-state index < -0.39 is 22.6 Å². The van der Waals surface area contributed by atoms with E-state index in [9.17, 15) is 24.1 Å². The van der Waals surface area contributed by atoms with E-state index in [2.05, 4.69) is 5.32 Å². The third-order valence-corrected chi connectivity index (χ3v) is 4.36. The molecule has 1 aliphatic rings. The number of carbonyl (C=O) groups excluding carboxylic acids is 2. The van der Waals surface area contributed by atoms with Gasteiger partial charge in [-0.1, -0.05) is 0 Å². The van der Waals surface area contributed by atoms with Gasteiger partial charge in [0.1, 0.15) is 17.3 Å². The predicted molar refractivity (Wildman–Crippen MR) is 101 cm³/mol. The molecule has 1 aliphatic heterocycles. The van der Waals surface area contributed by atoms with Crippen LogP contribution in [0.4, 0.5) is 21.5 Å². The van der Waals surface area contributed by atoms with Gasteiger partial charge in [-0.25, -0.2) is 9.29 Å². The van der Waals surface area contributed by atoms with Crippen LogP contribution in [-0.4, -0.2) is 30.9 Å². The SMILES string of the molecule is CNc1ccc(C(OC)=C2C(=O)N(C(C)=O)c3cc(F)ccc32)cc1[N+](=O)[O-]. The first kappa shape index (κ1) is 19.0. The van der Waals surface area contributed by atoms with E-state index in [1.54, 1.807) is 13.1 Å². The summed E-state index contributed by atoms with van der Waals surface area (Å²) in [5.74, 6) is -1.83. The van der Waals surface area contributed by atoms with Crippen molar-refractivity contribution in [2.45, 2.75) is 6.92 Å². The van der Waals surface area contributed by atoms with Gasteiger partial charge in [0, 0.05) is 31.2 Å². The van der Waals surface area contributed by atoms with Crippen LogP contribution in [0.15, 0.2) is 36.4 Å². The summed E-state index contributed by atoms with van der Waals surface area (Å²) in [4.78, 5) is 36.5. The van der Waals surface area contributed by atoms with Crippen LogP contribution in [0.1, 0.15) is 18.1 Å². The van der Waals surface area contributed by atoms with E-state index >= 15 is 0 Å². The molecule has 0 spiro atoms. The quantitative estimate of drug-likeness (QED) is 0.375. The number of methoxy groups -OCH3 is 1. The molecule has 0 saturated heterocycles. The molecule has 9 heteroatoms. The average Bonchev–Trinajstić information content (AvgIpc) is 2.93. The van der Waals surface area contributed by atoms with Crippen LogP contribution >= 0.6 is 0 Å². The number of halogens is 1. The fourth-order valence-electron chi connectivity index (χ4n) is 3.17. The Morgan fingerprint density at radius 2 is 1.96 bits per heavy atom. The molecule has 0 fully saturated rings. The topological polar surface area (TPSA) is 102 Å². The summed E-state index contributed by atoms with van der Waals surface area (Å²) in [7, 11) is 2.86. The van der Waals surface area contributed by atoms with Crippen molar-refractivity contribution in [1.29, 1.82) is 0 Å². The average molecular weight is 385 g/mol. The number of nitro groups is 1. The lowest BCUT2D eigenvalue weighted by molar-refractivity contribution is -0.384. The van der Waals surface area contributed by atoms with Crippen LogP contribution in [0.2, 0.25) is 0 Å². The lowest BCUT2D eigenvalue weighted by Crippen LogP contribution is -2.31. The Morgan fingerprint density at radius 3 is 2.54 bits per heavy atom. The number of anilines is 2. The van der Waals surface area contributed by atoms with Crippen molar-refractivity contribution >= 4 is 40.2 Å². The van der Waals surface area contributed by atoms with Gasteiger partial charge >= 0.3 is 0 Å². The van der Waals surface area contributed by atoms with Gasteiger partial charge < -0.3 is 10.1 Å². The highest BCUT2D eigenvalue weighted by molar-refractivity contribution is 6.42. The molecule has 1 N–H and O–H groups in total. The second-order valence-electron chi connectivity index (χ2n) is 5.97. The van der Waals surface area contributed by atoms with Gasteiger partial charge in [0.25, 0.3) is 11.6 Å². The van der Waals surface area contributed by atoms with Crippen LogP contribution in [0.5, 0.6) is 0 Å². The smallest absolute Gasteiger partial charge is 0.293 e. The van der Waals surface area contributed by atoms with Crippen molar-refractivity contribution in [1.82, 2.24) is 0 Å². The highest BCUT2D eigenvalue weighted by Gasteiger charge is 2.38. The van der Waals surface area contributed by atoms with Gasteiger partial charge in [0.15, 0.2) is 0 Å². The molecule has 2 amide bonds. The van der Waals surface area contributed by atoms with Gasteiger partial charge in [-0.3, -0.25) is 19.7 Å². The Bertz CT molecular complexity index is 1050. The molecule has 0 radical (unpaired) electrons. The standard InChI is InChI=1S/C19H16FN3O5/c1-10(24)22-15-9-12(20)5-6-13(15)17(19(22)25)18(28-3)11-4-7-14(21-2)16(8-11)23(26)27/h4-9,21H,1-3H3. The molecule has 8 nitrogen and oxygen atoms in total. The number of hydrogen-bond acceptors (Lipinski definition) is 6. The second-order valence-corrected chi connectivity index (χ2v) is 5.97. The van der Waals surface area contributed by atoms with Gasteiger partial charge in [-0.2, -0.15) is 0 Å². The summed E-state index contributed by atoms with van der Waals surface area (Å²) in [6, 6.07) is 7.93. The molecule has 0 bridgehead atoms. The van der Waals surface area contributed by atoms with Crippen LogP contribution in [-0.2, 0) is 14.3 Å². The van der Waals surface area contributed by atoms with Gasteiger partial charge in [0.05, 0.1) is 23.3 Å². The third kappa shape index (κ3) is 2.96. The summed E-state index contributed by atoms with van der Waals surface area (Å²) >= 11 is 0. The van der Waals surface area contributed by atoms with E-state index in [0.29, 0.717) is 11.3 Å². The molecule has 0 aromatic heterocycles. The van der Waals surface area contributed by atoms with Crippen molar-refractivity contribution in [2.24, 2.45) is 0 Å². The fraction of sp³-hybridized carbons (Fsp3) is 0.158. The van der Waals surface area contributed by atoms with Gasteiger partial charge in [0.2, 0.25) is 5.91 Å². The first-order chi connectivity index (χ1) is 13.3. The van der Waals surface area contributed by atoms with Crippen molar-refractivity contribution in [3.63, 3.8) is 0 Å². The molecule has 2 aromatic carbocycles. The fourth-order valence-corrected chi connectivity index (χ4v) is 3.17. The Morgan fingerprint density at radius 1 is 1.25 bits per heavy atom. The Kier molecular flexibility index (Phi) is 4.83. The molecule has 0 aliphatic carbocycles. The Hall–Kier alpha value is -3.75. The summed E-state index contributed by atoms with van der Waals surface area (Å²) in [6.45, 7) is 1.19. The number of ether oxygens (including phenoxy) is 1. The van der Waals surface area contributed by atoms with E-state index in [4.69, 9.17) is 4.74 Å². The number of carbonyl (C=O) groups is 2. The van der Waals surface area contributed by atoms with E-state index in [1.807, 2.05) is 0 Å². The molecule has 28 heavy (non-hydrogen) atoms. The number of benzene rings is 2. The molecular weight excluding hydrogens is 369 g/mol. The van der Waals surface area contributed by atoms with Crippen LogP contribution in [0.3, 0.4) is 0 Å². The normalized spacial score (nSPS) is 14.6. The largest absolute Gasteiger partial charge is 0.495 e. The predicted octanol–water partition coefficient (Wildman–Crippen LogP) is 3.18. The Labute approximate surface area is 159 Å². The van der Waals surface area contributed by atoms with Crippen LogP contribution in [0.25, 0.3) is 11.3 Å². The molecule has 3 rings (SSSR count). The van der Waals surface area contributed by atoms with Crippen LogP contribution in [0, 0.1) is 15.9 Å². The third-order valence-electron chi connectivity index (χ3n) is 4.36. The summed E-state index contributed by atoms with van der Waals surface area (Å²) in [5, 5.41) is 14.1. The number of rotatable bonds is 4. The zero-order chi connectivity index (χ0) is 20.6. The molecular formula is C19H16FN3O5. The number of imide groups is 1. The zero-order valence-corrected chi connectivity index (χ0v) is 15.3. The van der Waals surface area contributed by atoms with Crippen LogP contribution < -0.4 is 10.2 Å². The van der Waals surface area contributed by atoms with Gasteiger partial charge in [-0.15, -0.1) is 0 Å². The minimum absolute atomic E-state index is 0.0270. The molecule has 1 heterocycles. The van der Waals surface area contributed by atoms with Crippen molar-refractivity contribution < 1.29 is 23.6 Å². The minimum Gasteiger partial charge on any atom is -0.495 e. The number of amides is 2. The first-order valence-electron chi connectivity index (χ1n) is 8.20. The number of hydrogen-bond donors (Lipinski definition) is 1. The second kappa shape index (κ2) is 7.10. The lowest BCUT2D eigenvalue weighted by Gasteiger charge is -2.13.